The highest BCUT2D eigenvalue weighted by atomic mass is 79.9. The molecule has 0 N–H and O–H groups in total. The van der Waals surface area contributed by atoms with Crippen molar-refractivity contribution >= 4 is 66.8 Å². The third-order valence-corrected chi connectivity index (χ3v) is 8.04. The van der Waals surface area contributed by atoms with Crippen molar-refractivity contribution in [3.05, 3.63) is 55.5 Å². The Morgan fingerprint density at radius 2 is 2.03 bits per heavy atom. The summed E-state index contributed by atoms with van der Waals surface area (Å²) in [6, 6.07) is 5.81. The largest absolute Gasteiger partial charge is 0.491 e. The zero-order valence-electron chi connectivity index (χ0n) is 19.9. The monoisotopic (exact) mass is 673 g/mol. The second-order valence-electron chi connectivity index (χ2n) is 8.54. The molecule has 2 heterocycles. The van der Waals surface area contributed by atoms with E-state index in [9.17, 15) is 22.8 Å². The van der Waals surface area contributed by atoms with Crippen molar-refractivity contribution in [2.45, 2.75) is 44.9 Å². The summed E-state index contributed by atoms with van der Waals surface area (Å²) in [6.07, 6.45) is -3.80. The quantitative estimate of drug-likeness (QED) is 0.206. The molecule has 7 nitrogen and oxygen atoms in total. The molecular formula is C25H20Br2F3N3O4S. The van der Waals surface area contributed by atoms with Gasteiger partial charge < -0.3 is 14.4 Å². The summed E-state index contributed by atoms with van der Waals surface area (Å²) in [6.45, 7) is 2.56. The summed E-state index contributed by atoms with van der Waals surface area (Å²) in [5, 5.41) is 9.17. The number of nitriles is 1. The van der Waals surface area contributed by atoms with Gasteiger partial charge in [0.05, 0.1) is 45.0 Å². The number of ether oxygens (including phenoxy) is 2. The molecule has 2 aromatic rings. The maximum atomic E-state index is 13.5. The highest BCUT2D eigenvalue weighted by molar-refractivity contribution is 9.11. The maximum Gasteiger partial charge on any atom is 0.417 e. The minimum atomic E-state index is -4.77. The van der Waals surface area contributed by atoms with Crippen molar-refractivity contribution in [1.82, 2.24) is 4.90 Å². The molecule has 1 amide bonds. The lowest BCUT2D eigenvalue weighted by atomic mass is 9.94. The van der Waals surface area contributed by atoms with E-state index in [0.717, 1.165) is 28.2 Å². The van der Waals surface area contributed by atoms with E-state index in [1.54, 1.807) is 11.8 Å². The molecule has 2 aromatic carbocycles. The van der Waals surface area contributed by atoms with Crippen molar-refractivity contribution in [1.29, 1.82) is 5.26 Å². The summed E-state index contributed by atoms with van der Waals surface area (Å²) in [5.74, 6) is -0.210. The number of anilines is 1. The van der Waals surface area contributed by atoms with Crippen LogP contribution in [-0.2, 0) is 33.5 Å². The smallest absolute Gasteiger partial charge is 0.417 e. The van der Waals surface area contributed by atoms with Gasteiger partial charge in [-0.1, -0.05) is 0 Å². The number of carbonyl (C=O) groups excluding carboxylic acids is 2. The van der Waals surface area contributed by atoms with Crippen molar-refractivity contribution in [3.63, 3.8) is 0 Å². The Bertz CT molecular complexity index is 1360. The molecule has 1 atom stereocenters. The number of nitrogens with zero attached hydrogens (tertiary/aromatic N) is 3. The van der Waals surface area contributed by atoms with Crippen LogP contribution in [0.1, 0.15) is 42.0 Å². The Morgan fingerprint density at radius 1 is 1.29 bits per heavy atom. The summed E-state index contributed by atoms with van der Waals surface area (Å²) in [4.78, 5) is 27.7. The third-order valence-electron chi connectivity index (χ3n) is 6.19. The van der Waals surface area contributed by atoms with E-state index in [0.29, 0.717) is 27.7 Å². The first kappa shape index (κ1) is 28.3. The molecular weight excluding hydrogens is 655 g/mol. The van der Waals surface area contributed by atoms with Crippen LogP contribution < -0.4 is 9.64 Å². The average molecular weight is 675 g/mol. The molecule has 0 spiro atoms. The Kier molecular flexibility index (Phi) is 8.34. The van der Waals surface area contributed by atoms with Crippen LogP contribution in [-0.4, -0.2) is 41.1 Å². The molecule has 0 aromatic heterocycles. The molecule has 0 aliphatic carbocycles. The van der Waals surface area contributed by atoms with Crippen LogP contribution in [0.5, 0.6) is 5.75 Å². The minimum absolute atomic E-state index is 0.0457. The number of esters is 1. The number of fused-ring (bicyclic) bond motifs is 2. The standard InChI is InChI=1S/C25H20Br2F3N3O4S/c1-2-36-20(34)4-3-7-37-22-18(26)8-14-9-19-23(35)33(24(38)32(19)12-16(14)21(22)27)15-6-5-13(11-31)17(10-15)25(28,29)30/h5-6,8,10,19H,2-4,7,9,12H2,1H3. The van der Waals surface area contributed by atoms with Gasteiger partial charge in [0, 0.05) is 19.4 Å². The number of carbonyl (C=O) groups is 2. The van der Waals surface area contributed by atoms with Crippen LogP contribution >= 0.6 is 44.1 Å². The van der Waals surface area contributed by atoms with Crippen molar-refractivity contribution in [2.24, 2.45) is 0 Å². The molecule has 0 saturated carbocycles. The lowest BCUT2D eigenvalue weighted by Crippen LogP contribution is -2.40. The van der Waals surface area contributed by atoms with E-state index in [2.05, 4.69) is 31.9 Å². The molecule has 200 valence electrons. The summed E-state index contributed by atoms with van der Waals surface area (Å²) in [7, 11) is 0. The van der Waals surface area contributed by atoms with Crippen LogP contribution in [0, 0.1) is 11.3 Å². The molecule has 1 fully saturated rings. The molecule has 1 unspecified atom stereocenters. The summed E-state index contributed by atoms with van der Waals surface area (Å²) in [5.41, 5.74) is -0.0174. The number of rotatable bonds is 7. The lowest BCUT2D eigenvalue weighted by molar-refractivity contribution is -0.143. The van der Waals surface area contributed by atoms with Crippen molar-refractivity contribution in [2.75, 3.05) is 18.1 Å². The normalized spacial score (nSPS) is 16.7. The van der Waals surface area contributed by atoms with E-state index in [-0.39, 0.29) is 42.8 Å². The first-order valence-corrected chi connectivity index (χ1v) is 13.5. The molecule has 38 heavy (non-hydrogen) atoms. The van der Waals surface area contributed by atoms with Gasteiger partial charge >= 0.3 is 12.1 Å². The minimum Gasteiger partial charge on any atom is -0.491 e. The van der Waals surface area contributed by atoms with Crippen LogP contribution in [0.15, 0.2) is 33.2 Å². The number of halogens is 5. The van der Waals surface area contributed by atoms with Gasteiger partial charge in [-0.15, -0.1) is 0 Å². The summed E-state index contributed by atoms with van der Waals surface area (Å²) < 4.78 is 52.7. The van der Waals surface area contributed by atoms with Gasteiger partial charge in [0.1, 0.15) is 11.8 Å². The Labute approximate surface area is 238 Å². The third kappa shape index (κ3) is 5.39. The fourth-order valence-electron chi connectivity index (χ4n) is 4.43. The molecule has 0 bridgehead atoms. The van der Waals surface area contributed by atoms with Gasteiger partial charge in [-0.3, -0.25) is 14.5 Å². The molecule has 2 aliphatic heterocycles. The zero-order valence-corrected chi connectivity index (χ0v) is 23.9. The molecule has 0 radical (unpaired) electrons. The van der Waals surface area contributed by atoms with Crippen LogP contribution in [0.2, 0.25) is 0 Å². The van der Waals surface area contributed by atoms with Gasteiger partial charge in [0.2, 0.25) is 0 Å². The van der Waals surface area contributed by atoms with E-state index < -0.39 is 29.3 Å². The first-order valence-electron chi connectivity index (χ1n) is 11.5. The van der Waals surface area contributed by atoms with Gasteiger partial charge in [-0.25, -0.2) is 0 Å². The van der Waals surface area contributed by atoms with Crippen LogP contribution in [0.4, 0.5) is 18.9 Å². The number of benzene rings is 2. The van der Waals surface area contributed by atoms with Crippen LogP contribution in [0.3, 0.4) is 0 Å². The predicted molar refractivity (Wildman–Crippen MR) is 142 cm³/mol. The highest BCUT2D eigenvalue weighted by Crippen LogP contribution is 2.44. The van der Waals surface area contributed by atoms with Gasteiger partial charge in [-0.2, -0.15) is 18.4 Å². The summed E-state index contributed by atoms with van der Waals surface area (Å²) >= 11 is 12.6. The Hall–Kier alpha value is -2.69. The number of alkyl halides is 3. The number of hydrogen-bond acceptors (Lipinski definition) is 6. The van der Waals surface area contributed by atoms with E-state index >= 15 is 0 Å². The van der Waals surface area contributed by atoms with E-state index in [4.69, 9.17) is 27.0 Å². The maximum absolute atomic E-state index is 13.5. The van der Waals surface area contributed by atoms with Gasteiger partial charge in [-0.05, 0) is 92.8 Å². The molecule has 1 saturated heterocycles. The number of hydrogen-bond donors (Lipinski definition) is 0. The Morgan fingerprint density at radius 3 is 2.68 bits per heavy atom. The fraction of sp³-hybridized carbons (Fsp3) is 0.360. The highest BCUT2D eigenvalue weighted by Gasteiger charge is 2.47. The van der Waals surface area contributed by atoms with Crippen molar-refractivity contribution < 1.29 is 32.2 Å². The first-order chi connectivity index (χ1) is 18.0. The zero-order chi connectivity index (χ0) is 27.8. The fourth-order valence-corrected chi connectivity index (χ4v) is 6.38. The van der Waals surface area contributed by atoms with Crippen molar-refractivity contribution in [3.8, 4) is 11.8 Å². The predicted octanol–water partition coefficient (Wildman–Crippen LogP) is 5.88. The van der Waals surface area contributed by atoms with E-state index in [1.807, 2.05) is 6.07 Å². The second kappa shape index (κ2) is 11.2. The van der Waals surface area contributed by atoms with Gasteiger partial charge in [0.15, 0.2) is 5.11 Å². The molecule has 2 aliphatic rings. The van der Waals surface area contributed by atoms with Gasteiger partial charge in [0.25, 0.3) is 5.91 Å². The topological polar surface area (TPSA) is 82.9 Å². The molecule has 13 heteroatoms. The SMILES string of the molecule is CCOC(=O)CCCOc1c(Br)cc2c(c1Br)CN1C(=S)N(c3ccc(C#N)c(C(F)(F)F)c3)C(=O)C1C2. The Balaban J connectivity index is 1.57. The van der Waals surface area contributed by atoms with E-state index in [1.165, 1.54) is 12.1 Å². The number of thiocarbonyl (C=S) groups is 1. The van der Waals surface area contributed by atoms with Crippen LogP contribution in [0.25, 0.3) is 0 Å². The number of amides is 1. The molecule has 4 rings (SSSR count). The lowest BCUT2D eigenvalue weighted by Gasteiger charge is -2.32. The second-order valence-corrected chi connectivity index (χ2v) is 10.6. The average Bonchev–Trinajstić information content (AvgIpc) is 3.10.